The zero-order chi connectivity index (χ0) is 17.6. The predicted octanol–water partition coefficient (Wildman–Crippen LogP) is 7.27. The quantitative estimate of drug-likeness (QED) is 0.372. The highest BCUT2D eigenvalue weighted by atomic mass is 35.5. The van der Waals surface area contributed by atoms with Crippen molar-refractivity contribution in [2.45, 2.75) is 0 Å². The van der Waals surface area contributed by atoms with Crippen LogP contribution in [0.15, 0.2) is 54.6 Å². The van der Waals surface area contributed by atoms with Crippen LogP contribution in [-0.4, -0.2) is 5.91 Å². The summed E-state index contributed by atoms with van der Waals surface area (Å²) < 4.78 is 0.783. The van der Waals surface area contributed by atoms with E-state index in [2.05, 4.69) is 5.32 Å². The molecule has 1 aromatic heterocycles. The van der Waals surface area contributed by atoms with E-state index in [1.807, 2.05) is 42.5 Å². The lowest BCUT2D eigenvalue weighted by Crippen LogP contribution is -2.10. The van der Waals surface area contributed by atoms with Crippen LogP contribution in [0.5, 0.6) is 0 Å². The number of nitrogens with one attached hydrogen (secondary N) is 1. The van der Waals surface area contributed by atoms with Crippen molar-refractivity contribution in [1.29, 1.82) is 0 Å². The summed E-state index contributed by atoms with van der Waals surface area (Å²) in [5, 5.41) is 6.92. The first-order chi connectivity index (χ1) is 12.0. The number of carbonyl (C=O) groups is 1. The van der Waals surface area contributed by atoms with E-state index in [-0.39, 0.29) is 5.91 Å². The van der Waals surface area contributed by atoms with Crippen molar-refractivity contribution in [2.75, 3.05) is 5.32 Å². The zero-order valence-electron chi connectivity index (χ0n) is 12.6. The molecule has 6 heteroatoms. The third-order valence-corrected chi connectivity index (χ3v) is 6.04. The van der Waals surface area contributed by atoms with Gasteiger partial charge in [-0.25, -0.2) is 0 Å². The number of halogens is 3. The maximum Gasteiger partial charge on any atom is 0.267 e. The van der Waals surface area contributed by atoms with Crippen LogP contribution in [0.3, 0.4) is 0 Å². The highest BCUT2D eigenvalue weighted by molar-refractivity contribution is 7.21. The summed E-state index contributed by atoms with van der Waals surface area (Å²) in [4.78, 5) is 13.2. The molecule has 0 aliphatic rings. The van der Waals surface area contributed by atoms with Crippen LogP contribution in [0.4, 0.5) is 5.69 Å². The zero-order valence-corrected chi connectivity index (χ0v) is 15.7. The summed E-state index contributed by atoms with van der Waals surface area (Å²) in [6.07, 6.45) is 0. The average molecular weight is 407 g/mol. The molecule has 0 fully saturated rings. The third kappa shape index (κ3) is 2.98. The first-order valence-corrected chi connectivity index (χ1v) is 9.36. The lowest BCUT2D eigenvalue weighted by molar-refractivity contribution is 0.103. The standard InChI is InChI=1S/C19H10Cl3NOS/c20-11-8-13(21)16-15(9-11)25-18(17(16)22)19(24)23-14-7-3-5-10-4-1-2-6-12(10)14/h1-9H,(H,23,24). The van der Waals surface area contributed by atoms with Crippen molar-refractivity contribution in [1.82, 2.24) is 0 Å². The van der Waals surface area contributed by atoms with E-state index in [0.717, 1.165) is 21.2 Å². The fraction of sp³-hybridized carbons (Fsp3) is 0. The van der Waals surface area contributed by atoms with Gasteiger partial charge in [-0.2, -0.15) is 0 Å². The molecule has 0 radical (unpaired) electrons. The Morgan fingerprint density at radius 1 is 0.960 bits per heavy atom. The Labute approximate surface area is 162 Å². The number of thiophene rings is 1. The lowest BCUT2D eigenvalue weighted by Gasteiger charge is -2.08. The van der Waals surface area contributed by atoms with Crippen molar-refractivity contribution >= 4 is 78.6 Å². The summed E-state index contributed by atoms with van der Waals surface area (Å²) in [5.41, 5.74) is 0.737. The normalized spacial score (nSPS) is 11.2. The van der Waals surface area contributed by atoms with Gasteiger partial charge in [0, 0.05) is 26.2 Å². The van der Waals surface area contributed by atoms with E-state index in [1.165, 1.54) is 11.3 Å². The second-order valence-corrected chi connectivity index (χ2v) is 7.76. The lowest BCUT2D eigenvalue weighted by atomic mass is 10.1. The molecule has 0 aliphatic carbocycles. The van der Waals surface area contributed by atoms with E-state index in [0.29, 0.717) is 25.3 Å². The second kappa shape index (κ2) is 6.50. The molecular weight excluding hydrogens is 397 g/mol. The molecule has 0 atom stereocenters. The molecule has 0 bridgehead atoms. The molecule has 4 rings (SSSR count). The van der Waals surface area contributed by atoms with Gasteiger partial charge in [0.2, 0.25) is 0 Å². The summed E-state index contributed by atoms with van der Waals surface area (Å²) in [6.45, 7) is 0. The summed E-state index contributed by atoms with van der Waals surface area (Å²) in [6, 6.07) is 17.0. The maximum atomic E-state index is 12.8. The third-order valence-electron chi connectivity index (χ3n) is 3.89. The number of hydrogen-bond donors (Lipinski definition) is 1. The Morgan fingerprint density at radius 3 is 2.56 bits per heavy atom. The van der Waals surface area contributed by atoms with E-state index < -0.39 is 0 Å². The minimum Gasteiger partial charge on any atom is -0.321 e. The monoisotopic (exact) mass is 405 g/mol. The first-order valence-electron chi connectivity index (χ1n) is 7.41. The van der Waals surface area contributed by atoms with Crippen LogP contribution in [0.25, 0.3) is 20.9 Å². The van der Waals surface area contributed by atoms with Crippen molar-refractivity contribution < 1.29 is 4.79 Å². The molecule has 4 aromatic rings. The largest absolute Gasteiger partial charge is 0.321 e. The van der Waals surface area contributed by atoms with Crippen molar-refractivity contribution in [2.24, 2.45) is 0 Å². The molecule has 0 saturated heterocycles. The van der Waals surface area contributed by atoms with Gasteiger partial charge in [-0.15, -0.1) is 11.3 Å². The van der Waals surface area contributed by atoms with Gasteiger partial charge < -0.3 is 5.32 Å². The summed E-state index contributed by atoms with van der Waals surface area (Å²) >= 11 is 20.0. The molecule has 0 aliphatic heterocycles. The molecule has 0 unspecified atom stereocenters. The summed E-state index contributed by atoms with van der Waals surface area (Å²) in [5.74, 6) is -0.269. The maximum absolute atomic E-state index is 12.8. The number of amides is 1. The van der Waals surface area contributed by atoms with Crippen molar-refractivity contribution in [3.63, 3.8) is 0 Å². The number of hydrogen-bond acceptors (Lipinski definition) is 2. The minimum absolute atomic E-state index is 0.269. The van der Waals surface area contributed by atoms with Gasteiger partial charge in [-0.1, -0.05) is 71.2 Å². The Kier molecular flexibility index (Phi) is 4.34. The number of benzene rings is 3. The number of rotatable bonds is 2. The van der Waals surface area contributed by atoms with Gasteiger partial charge in [0.1, 0.15) is 4.88 Å². The van der Waals surface area contributed by atoms with Crippen molar-refractivity contribution in [3.05, 3.63) is 74.5 Å². The van der Waals surface area contributed by atoms with Crippen LogP contribution in [0.2, 0.25) is 15.1 Å². The van der Waals surface area contributed by atoms with E-state index >= 15 is 0 Å². The van der Waals surface area contributed by atoms with Crippen LogP contribution in [0.1, 0.15) is 9.67 Å². The van der Waals surface area contributed by atoms with Crippen LogP contribution >= 0.6 is 46.1 Å². The minimum atomic E-state index is -0.269. The van der Waals surface area contributed by atoms with Gasteiger partial charge in [0.15, 0.2) is 0 Å². The Bertz CT molecular complexity index is 1130. The van der Waals surface area contributed by atoms with Gasteiger partial charge >= 0.3 is 0 Å². The molecular formula is C19H10Cl3NOS. The van der Waals surface area contributed by atoms with Crippen LogP contribution in [-0.2, 0) is 0 Å². The fourth-order valence-electron chi connectivity index (χ4n) is 2.77. The second-order valence-electron chi connectivity index (χ2n) is 5.49. The molecule has 2 nitrogen and oxygen atoms in total. The van der Waals surface area contributed by atoms with Crippen molar-refractivity contribution in [3.8, 4) is 0 Å². The topological polar surface area (TPSA) is 29.1 Å². The highest BCUT2D eigenvalue weighted by Crippen LogP contribution is 2.41. The highest BCUT2D eigenvalue weighted by Gasteiger charge is 2.20. The molecule has 1 N–H and O–H groups in total. The Balaban J connectivity index is 1.78. The Hall–Kier alpha value is -1.78. The molecule has 25 heavy (non-hydrogen) atoms. The number of carbonyl (C=O) groups excluding carboxylic acids is 1. The van der Waals surface area contributed by atoms with Crippen LogP contribution in [0, 0.1) is 0 Å². The fourth-order valence-corrected chi connectivity index (χ4v) is 5.04. The molecule has 3 aromatic carbocycles. The van der Waals surface area contributed by atoms with E-state index in [4.69, 9.17) is 34.8 Å². The molecule has 1 heterocycles. The SMILES string of the molecule is O=C(Nc1cccc2ccccc12)c1sc2cc(Cl)cc(Cl)c2c1Cl. The van der Waals surface area contributed by atoms with Gasteiger partial charge in [0.05, 0.1) is 10.0 Å². The molecule has 0 saturated carbocycles. The summed E-state index contributed by atoms with van der Waals surface area (Å²) in [7, 11) is 0. The number of fused-ring (bicyclic) bond motifs is 2. The van der Waals surface area contributed by atoms with E-state index in [1.54, 1.807) is 12.1 Å². The van der Waals surface area contributed by atoms with Crippen LogP contribution < -0.4 is 5.32 Å². The number of anilines is 1. The smallest absolute Gasteiger partial charge is 0.267 e. The predicted molar refractivity (Wildman–Crippen MR) is 109 cm³/mol. The van der Waals surface area contributed by atoms with E-state index in [9.17, 15) is 4.79 Å². The Morgan fingerprint density at radius 2 is 1.72 bits per heavy atom. The van der Waals surface area contributed by atoms with Gasteiger partial charge in [-0.3, -0.25) is 4.79 Å². The average Bonchev–Trinajstić information content (AvgIpc) is 2.92. The first kappa shape index (κ1) is 16.7. The molecule has 0 spiro atoms. The van der Waals surface area contributed by atoms with Gasteiger partial charge in [-0.05, 0) is 23.6 Å². The molecule has 1 amide bonds. The van der Waals surface area contributed by atoms with Gasteiger partial charge in [0.25, 0.3) is 5.91 Å². The molecule has 124 valence electrons.